The van der Waals surface area contributed by atoms with Gasteiger partial charge in [0.2, 0.25) is 0 Å². The first kappa shape index (κ1) is 16.3. The number of aliphatic carboxylic acids is 1. The summed E-state index contributed by atoms with van der Waals surface area (Å²) in [5.74, 6) is 1.84. The van der Waals surface area contributed by atoms with Crippen molar-refractivity contribution >= 4 is 12.0 Å². The molecule has 118 valence electrons. The third kappa shape index (κ3) is 4.48. The van der Waals surface area contributed by atoms with E-state index in [9.17, 15) is 4.79 Å². The maximum atomic E-state index is 10.4. The molecule has 1 saturated carbocycles. The van der Waals surface area contributed by atoms with Crippen LogP contribution in [0.4, 0.5) is 0 Å². The number of rotatable bonds is 4. The minimum Gasteiger partial charge on any atom is -0.497 e. The Kier molecular flexibility index (Phi) is 5.82. The molecule has 0 aromatic heterocycles. The van der Waals surface area contributed by atoms with E-state index in [1.54, 1.807) is 13.2 Å². The van der Waals surface area contributed by atoms with Crippen LogP contribution in [0, 0.1) is 11.8 Å². The number of carboxylic acids is 1. The average molecular weight is 300 g/mol. The zero-order valence-corrected chi connectivity index (χ0v) is 13.3. The summed E-state index contributed by atoms with van der Waals surface area (Å²) in [7, 11) is 1.61. The molecule has 1 fully saturated rings. The van der Waals surface area contributed by atoms with Crippen molar-refractivity contribution in [3.63, 3.8) is 0 Å². The highest BCUT2D eigenvalue weighted by atomic mass is 16.5. The number of ether oxygens (including phenoxy) is 1. The van der Waals surface area contributed by atoms with E-state index in [1.165, 1.54) is 19.3 Å². The smallest absolute Gasteiger partial charge is 0.328 e. The van der Waals surface area contributed by atoms with Gasteiger partial charge in [-0.05, 0) is 66.9 Å². The van der Waals surface area contributed by atoms with Gasteiger partial charge in [0.05, 0.1) is 7.11 Å². The lowest BCUT2D eigenvalue weighted by Gasteiger charge is -2.06. The lowest BCUT2D eigenvalue weighted by atomic mass is 10.0. The molecule has 0 saturated heterocycles. The Morgan fingerprint density at radius 1 is 1.32 bits per heavy atom. The zero-order chi connectivity index (χ0) is 15.9. The Hall–Kier alpha value is -2.03. The van der Waals surface area contributed by atoms with E-state index in [4.69, 9.17) is 9.84 Å². The summed E-state index contributed by atoms with van der Waals surface area (Å²) in [6.07, 6.45) is 12.8. The Balaban J connectivity index is 0.000000205. The first-order chi connectivity index (χ1) is 10.6. The molecule has 0 aliphatic heterocycles. The fraction of sp³-hybridized carbons (Fsp3) is 0.421. The Morgan fingerprint density at radius 3 is 2.41 bits per heavy atom. The van der Waals surface area contributed by atoms with Crippen molar-refractivity contribution in [1.29, 1.82) is 0 Å². The zero-order valence-electron chi connectivity index (χ0n) is 13.3. The molecule has 3 nitrogen and oxygen atoms in total. The molecule has 2 unspecified atom stereocenters. The molecule has 0 spiro atoms. The third-order valence-corrected chi connectivity index (χ3v) is 4.31. The number of benzene rings is 1. The first-order valence-corrected chi connectivity index (χ1v) is 7.88. The van der Waals surface area contributed by atoms with Crippen molar-refractivity contribution < 1.29 is 14.6 Å². The number of carbonyl (C=O) groups is 1. The topological polar surface area (TPSA) is 46.5 Å². The van der Waals surface area contributed by atoms with E-state index in [2.05, 4.69) is 12.2 Å². The summed E-state index contributed by atoms with van der Waals surface area (Å²) in [5, 5.41) is 8.53. The predicted molar refractivity (Wildman–Crippen MR) is 89.0 cm³/mol. The average Bonchev–Trinajstić information content (AvgIpc) is 3.18. The van der Waals surface area contributed by atoms with E-state index in [0.29, 0.717) is 0 Å². The number of carboxylic acid groups (broad SMARTS) is 1. The standard InChI is InChI=1S/C12H14O3.C7H10/c1-3-9-8-11(15-2)6-4-10(9)5-7-12(13)14;1-2-7-4-3-6(1)5-7/h4-8H,3H2,1-2H3,(H,13,14);1-2,6-7H,3-5H2. The van der Waals surface area contributed by atoms with Gasteiger partial charge < -0.3 is 9.84 Å². The van der Waals surface area contributed by atoms with Crippen molar-refractivity contribution in [3.05, 3.63) is 47.6 Å². The van der Waals surface area contributed by atoms with Crippen LogP contribution in [-0.2, 0) is 11.2 Å². The van der Waals surface area contributed by atoms with Crippen molar-refractivity contribution in [3.8, 4) is 5.75 Å². The van der Waals surface area contributed by atoms with E-state index >= 15 is 0 Å². The Labute approximate surface area is 132 Å². The van der Waals surface area contributed by atoms with Crippen LogP contribution in [0.15, 0.2) is 36.4 Å². The number of methoxy groups -OCH3 is 1. The van der Waals surface area contributed by atoms with Gasteiger partial charge in [-0.15, -0.1) is 0 Å². The van der Waals surface area contributed by atoms with Crippen LogP contribution in [0.2, 0.25) is 0 Å². The molecular formula is C19H24O3. The van der Waals surface area contributed by atoms with Gasteiger partial charge in [0.25, 0.3) is 0 Å². The van der Waals surface area contributed by atoms with Gasteiger partial charge in [0, 0.05) is 6.08 Å². The van der Waals surface area contributed by atoms with Crippen LogP contribution in [-0.4, -0.2) is 18.2 Å². The van der Waals surface area contributed by atoms with Gasteiger partial charge in [-0.1, -0.05) is 25.1 Å². The fourth-order valence-electron chi connectivity index (χ4n) is 3.06. The lowest BCUT2D eigenvalue weighted by Crippen LogP contribution is -1.91. The molecule has 1 aromatic carbocycles. The lowest BCUT2D eigenvalue weighted by molar-refractivity contribution is -0.131. The van der Waals surface area contributed by atoms with E-state index in [-0.39, 0.29) is 0 Å². The summed E-state index contributed by atoms with van der Waals surface area (Å²) in [6, 6.07) is 5.60. The van der Waals surface area contributed by atoms with Crippen LogP contribution < -0.4 is 4.74 Å². The maximum absolute atomic E-state index is 10.4. The van der Waals surface area contributed by atoms with Gasteiger partial charge in [-0.3, -0.25) is 0 Å². The highest BCUT2D eigenvalue weighted by molar-refractivity contribution is 5.85. The van der Waals surface area contributed by atoms with Crippen LogP contribution in [0.3, 0.4) is 0 Å². The van der Waals surface area contributed by atoms with E-state index in [1.807, 2.05) is 25.1 Å². The summed E-state index contributed by atoms with van der Waals surface area (Å²) in [5.41, 5.74) is 1.99. The fourth-order valence-corrected chi connectivity index (χ4v) is 3.06. The van der Waals surface area contributed by atoms with Crippen LogP contribution in [0.25, 0.3) is 6.08 Å². The monoisotopic (exact) mass is 300 g/mol. The first-order valence-electron chi connectivity index (χ1n) is 7.88. The second kappa shape index (κ2) is 7.83. The third-order valence-electron chi connectivity index (χ3n) is 4.31. The molecule has 22 heavy (non-hydrogen) atoms. The highest BCUT2D eigenvalue weighted by Gasteiger charge is 2.25. The SMILES string of the molecule is C1=CC2CCC1C2.CCc1cc(OC)ccc1C=CC(=O)O. The van der Waals surface area contributed by atoms with Crippen LogP contribution in [0.5, 0.6) is 5.75 Å². The molecule has 2 aliphatic rings. The minimum absolute atomic E-state index is 0.791. The summed E-state index contributed by atoms with van der Waals surface area (Å²) < 4.78 is 5.10. The summed E-state index contributed by atoms with van der Waals surface area (Å²) in [4.78, 5) is 10.4. The molecule has 0 radical (unpaired) electrons. The minimum atomic E-state index is -0.937. The number of fused-ring (bicyclic) bond motifs is 2. The molecule has 2 bridgehead atoms. The summed E-state index contributed by atoms with van der Waals surface area (Å²) in [6.45, 7) is 2.02. The largest absolute Gasteiger partial charge is 0.497 e. The van der Waals surface area contributed by atoms with Crippen molar-refractivity contribution in [2.24, 2.45) is 11.8 Å². The summed E-state index contributed by atoms with van der Waals surface area (Å²) >= 11 is 0. The molecule has 2 aliphatic carbocycles. The Morgan fingerprint density at radius 2 is 2.00 bits per heavy atom. The van der Waals surface area contributed by atoms with Crippen LogP contribution >= 0.6 is 0 Å². The molecule has 1 aromatic rings. The number of aryl methyl sites for hydroxylation is 1. The van der Waals surface area contributed by atoms with Crippen LogP contribution in [0.1, 0.15) is 37.3 Å². The number of hydrogen-bond acceptors (Lipinski definition) is 2. The van der Waals surface area contributed by atoms with Gasteiger partial charge in [-0.25, -0.2) is 4.79 Å². The molecule has 3 rings (SSSR count). The molecular weight excluding hydrogens is 276 g/mol. The quantitative estimate of drug-likeness (QED) is 0.665. The maximum Gasteiger partial charge on any atom is 0.328 e. The van der Waals surface area contributed by atoms with Crippen molar-refractivity contribution in [2.75, 3.05) is 7.11 Å². The molecule has 0 heterocycles. The Bertz CT molecular complexity index is 560. The second-order valence-electron chi connectivity index (χ2n) is 5.81. The molecule has 3 heteroatoms. The van der Waals surface area contributed by atoms with Gasteiger partial charge in [0.15, 0.2) is 0 Å². The van der Waals surface area contributed by atoms with Gasteiger partial charge >= 0.3 is 5.97 Å². The van der Waals surface area contributed by atoms with E-state index < -0.39 is 5.97 Å². The van der Waals surface area contributed by atoms with E-state index in [0.717, 1.165) is 41.2 Å². The highest BCUT2D eigenvalue weighted by Crippen LogP contribution is 2.38. The number of allylic oxidation sites excluding steroid dienone is 2. The normalized spacial score (nSPS) is 21.7. The number of hydrogen-bond donors (Lipinski definition) is 1. The predicted octanol–water partition coefficient (Wildman–Crippen LogP) is 4.33. The molecule has 1 N–H and O–H groups in total. The van der Waals surface area contributed by atoms with Gasteiger partial charge in [-0.2, -0.15) is 0 Å². The van der Waals surface area contributed by atoms with Crippen molar-refractivity contribution in [2.45, 2.75) is 32.6 Å². The molecule has 2 atom stereocenters. The van der Waals surface area contributed by atoms with Gasteiger partial charge in [0.1, 0.15) is 5.75 Å². The second-order valence-corrected chi connectivity index (χ2v) is 5.81. The molecule has 0 amide bonds. The van der Waals surface area contributed by atoms with Crippen molar-refractivity contribution in [1.82, 2.24) is 0 Å².